The van der Waals surface area contributed by atoms with Crippen molar-refractivity contribution in [2.24, 2.45) is 4.40 Å². The van der Waals surface area contributed by atoms with Crippen molar-refractivity contribution < 1.29 is 31.2 Å². The van der Waals surface area contributed by atoms with Crippen LogP contribution < -0.4 is 0 Å². The van der Waals surface area contributed by atoms with Gasteiger partial charge in [-0.3, -0.25) is 4.79 Å². The molecule has 0 aromatic heterocycles. The van der Waals surface area contributed by atoms with E-state index in [4.69, 9.17) is 4.74 Å². The molecular formula is C20H22N4O7S2. The number of amidine groups is 1. The van der Waals surface area contributed by atoms with E-state index < -0.39 is 38.5 Å². The molecule has 13 heteroatoms. The number of nitrogens with zero attached hydrogens (tertiary/aromatic N) is 4. The normalized spacial score (nSPS) is 20.5. The van der Waals surface area contributed by atoms with Crippen LogP contribution in [0.1, 0.15) is 0 Å². The van der Waals surface area contributed by atoms with Crippen LogP contribution in [-0.2, 0) is 34.4 Å². The van der Waals surface area contributed by atoms with Crippen LogP contribution in [0, 0.1) is 0 Å². The summed E-state index contributed by atoms with van der Waals surface area (Å²) in [5, 5.41) is 0. The van der Waals surface area contributed by atoms with Crippen LogP contribution in [0.3, 0.4) is 0 Å². The molecule has 0 bridgehead atoms. The lowest BCUT2D eigenvalue weighted by atomic mass is 10.2. The zero-order chi connectivity index (χ0) is 23.6. The van der Waals surface area contributed by atoms with E-state index in [1.807, 2.05) is 0 Å². The first-order valence-corrected chi connectivity index (χ1v) is 13.2. The minimum atomic E-state index is -3.63. The highest BCUT2D eigenvalue weighted by Crippen LogP contribution is 2.18. The second kappa shape index (κ2) is 9.08. The number of rotatable bonds is 5. The molecule has 0 saturated carbocycles. The molecule has 1 saturated heterocycles. The van der Waals surface area contributed by atoms with Crippen molar-refractivity contribution in [2.45, 2.75) is 4.90 Å². The molecule has 1 amide bonds. The summed E-state index contributed by atoms with van der Waals surface area (Å²) < 4.78 is 58.6. The van der Waals surface area contributed by atoms with Gasteiger partial charge in [0.25, 0.3) is 15.9 Å². The number of esters is 1. The molecule has 0 aliphatic carbocycles. The summed E-state index contributed by atoms with van der Waals surface area (Å²) >= 11 is 0. The van der Waals surface area contributed by atoms with Crippen molar-refractivity contribution in [1.82, 2.24) is 14.1 Å². The number of fused-ring (bicyclic) bond motifs is 1. The van der Waals surface area contributed by atoms with Gasteiger partial charge in [0.15, 0.2) is 6.61 Å². The third-order valence-corrected chi connectivity index (χ3v) is 8.44. The molecular weight excluding hydrogens is 472 g/mol. The van der Waals surface area contributed by atoms with E-state index in [-0.39, 0.29) is 54.8 Å². The van der Waals surface area contributed by atoms with Gasteiger partial charge >= 0.3 is 5.97 Å². The number of benzene rings is 1. The standard InChI is InChI=1S/C20H22N4O7S2/c25-19(22-8-10-24(11-9-22)33(29,30)17-4-2-1-3-5-17)15-31-20(26)16-6-7-18-21-32(27,28)13-12-23(18)14-16/h1-7,14H,8-13,15H2. The minimum absolute atomic E-state index is 0.144. The SMILES string of the molecule is O=C(OCC(=O)N1CCN(S(=O)(=O)c2ccccc2)CC1)C1=CN2CCS(=O)(=O)N=C2C=C1. The fraction of sp³-hybridized carbons (Fsp3) is 0.350. The van der Waals surface area contributed by atoms with E-state index in [2.05, 4.69) is 4.40 Å². The molecule has 0 unspecified atom stereocenters. The van der Waals surface area contributed by atoms with Gasteiger partial charge in [-0.25, -0.2) is 21.6 Å². The summed E-state index contributed by atoms with van der Waals surface area (Å²) in [7, 11) is -7.12. The van der Waals surface area contributed by atoms with Crippen LogP contribution in [0.25, 0.3) is 0 Å². The lowest BCUT2D eigenvalue weighted by Gasteiger charge is -2.33. The van der Waals surface area contributed by atoms with E-state index in [1.54, 1.807) is 18.2 Å². The third kappa shape index (κ3) is 5.15. The first kappa shape index (κ1) is 23.1. The molecule has 0 N–H and O–H groups in total. The second-order valence-corrected chi connectivity index (χ2v) is 11.2. The molecule has 1 aromatic rings. The topological polar surface area (TPSA) is 134 Å². The van der Waals surface area contributed by atoms with E-state index >= 15 is 0 Å². The summed E-state index contributed by atoms with van der Waals surface area (Å²) in [5.74, 6) is -1.09. The zero-order valence-electron chi connectivity index (χ0n) is 17.5. The lowest BCUT2D eigenvalue weighted by Crippen LogP contribution is -2.51. The van der Waals surface area contributed by atoms with Gasteiger partial charge < -0.3 is 14.5 Å². The summed E-state index contributed by atoms with van der Waals surface area (Å²) in [6, 6.07) is 8.09. The van der Waals surface area contributed by atoms with E-state index in [0.29, 0.717) is 0 Å². The van der Waals surface area contributed by atoms with Gasteiger partial charge in [0.2, 0.25) is 10.0 Å². The summed E-state index contributed by atoms with van der Waals surface area (Å²) in [5.41, 5.74) is 0.167. The van der Waals surface area contributed by atoms with E-state index in [0.717, 1.165) is 0 Å². The van der Waals surface area contributed by atoms with Gasteiger partial charge in [-0.1, -0.05) is 18.2 Å². The number of ether oxygens (including phenoxy) is 1. The number of sulfonamides is 2. The first-order valence-electron chi connectivity index (χ1n) is 10.1. The molecule has 0 radical (unpaired) electrons. The van der Waals surface area contributed by atoms with Gasteiger partial charge in [-0.05, 0) is 24.3 Å². The molecule has 4 rings (SSSR count). The Labute approximate surface area is 191 Å². The fourth-order valence-corrected chi connectivity index (χ4v) is 5.96. The Morgan fingerprint density at radius 1 is 1.00 bits per heavy atom. The Morgan fingerprint density at radius 3 is 2.39 bits per heavy atom. The molecule has 176 valence electrons. The number of amides is 1. The molecule has 3 aliphatic heterocycles. The van der Waals surface area contributed by atoms with Crippen molar-refractivity contribution in [3.05, 3.63) is 54.3 Å². The van der Waals surface area contributed by atoms with Crippen LogP contribution in [0.5, 0.6) is 0 Å². The number of piperazine rings is 1. The molecule has 11 nitrogen and oxygen atoms in total. The van der Waals surface area contributed by atoms with Crippen LogP contribution in [0.2, 0.25) is 0 Å². The number of hydrogen-bond acceptors (Lipinski definition) is 8. The van der Waals surface area contributed by atoms with E-state index in [9.17, 15) is 26.4 Å². The van der Waals surface area contributed by atoms with Crippen LogP contribution in [0.4, 0.5) is 0 Å². The second-order valence-electron chi connectivity index (χ2n) is 7.52. The highest BCUT2D eigenvalue weighted by atomic mass is 32.2. The van der Waals surface area contributed by atoms with Gasteiger partial charge in [0.05, 0.1) is 16.2 Å². The van der Waals surface area contributed by atoms with Crippen molar-refractivity contribution in [1.29, 1.82) is 0 Å². The Bertz CT molecular complexity index is 1250. The Morgan fingerprint density at radius 2 is 1.70 bits per heavy atom. The Hall–Kier alpha value is -3.03. The van der Waals surface area contributed by atoms with Crippen molar-refractivity contribution in [3.8, 4) is 0 Å². The summed E-state index contributed by atoms with van der Waals surface area (Å²) in [6.45, 7) is 0.345. The fourth-order valence-electron chi connectivity index (χ4n) is 3.54. The van der Waals surface area contributed by atoms with Gasteiger partial charge in [-0.15, -0.1) is 4.40 Å². The van der Waals surface area contributed by atoms with E-state index in [1.165, 1.54) is 44.6 Å². The summed E-state index contributed by atoms with van der Waals surface area (Å²) in [4.78, 5) is 28.0. The van der Waals surface area contributed by atoms with Crippen LogP contribution in [0.15, 0.2) is 63.6 Å². The third-order valence-electron chi connectivity index (χ3n) is 5.36. The maximum absolute atomic E-state index is 12.7. The molecule has 3 heterocycles. The monoisotopic (exact) mass is 494 g/mol. The number of carbonyl (C=O) groups is 2. The Kier molecular flexibility index (Phi) is 6.36. The number of carbonyl (C=O) groups excluding carboxylic acids is 2. The predicted molar refractivity (Wildman–Crippen MR) is 118 cm³/mol. The highest BCUT2D eigenvalue weighted by Gasteiger charge is 2.31. The maximum Gasteiger partial charge on any atom is 0.340 e. The molecule has 0 spiro atoms. The van der Waals surface area contributed by atoms with Crippen molar-refractivity contribution >= 4 is 37.8 Å². The average molecular weight is 495 g/mol. The highest BCUT2D eigenvalue weighted by molar-refractivity contribution is 7.90. The quantitative estimate of drug-likeness (QED) is 0.503. The number of hydrogen-bond donors (Lipinski definition) is 0. The zero-order valence-corrected chi connectivity index (χ0v) is 19.2. The maximum atomic E-state index is 12.7. The Balaban J connectivity index is 1.29. The van der Waals surface area contributed by atoms with Crippen LogP contribution in [-0.4, -0.2) is 93.7 Å². The molecule has 0 atom stereocenters. The largest absolute Gasteiger partial charge is 0.452 e. The van der Waals surface area contributed by atoms with Crippen LogP contribution >= 0.6 is 0 Å². The minimum Gasteiger partial charge on any atom is -0.452 e. The molecule has 33 heavy (non-hydrogen) atoms. The van der Waals surface area contributed by atoms with Crippen molar-refractivity contribution in [3.63, 3.8) is 0 Å². The molecule has 1 fully saturated rings. The van der Waals surface area contributed by atoms with Gasteiger partial charge in [-0.2, -0.15) is 4.31 Å². The summed E-state index contributed by atoms with van der Waals surface area (Å²) in [6.07, 6.45) is 4.23. The average Bonchev–Trinajstić information content (AvgIpc) is 2.82. The predicted octanol–water partition coefficient (Wildman–Crippen LogP) is -0.440. The molecule has 3 aliphatic rings. The van der Waals surface area contributed by atoms with Crippen molar-refractivity contribution in [2.75, 3.05) is 45.1 Å². The smallest absolute Gasteiger partial charge is 0.340 e. The first-order chi connectivity index (χ1) is 15.7. The lowest BCUT2D eigenvalue weighted by molar-refractivity contribution is -0.149. The van der Waals surface area contributed by atoms with Gasteiger partial charge in [0, 0.05) is 38.9 Å². The molecule has 1 aromatic carbocycles. The van der Waals surface area contributed by atoms with Gasteiger partial charge in [0.1, 0.15) is 5.84 Å².